The lowest BCUT2D eigenvalue weighted by molar-refractivity contribution is 0.230. The Hall–Kier alpha value is -3.23. The zero-order chi connectivity index (χ0) is 25.7. The molecule has 0 bridgehead atoms. The van der Waals surface area contributed by atoms with Crippen molar-refractivity contribution in [3.05, 3.63) is 92.5 Å². The average molecular weight is 610 g/mol. The predicted molar refractivity (Wildman–Crippen MR) is 154 cm³/mol. The van der Waals surface area contributed by atoms with Crippen LogP contribution >= 0.6 is 31.9 Å². The third-order valence-electron chi connectivity index (χ3n) is 5.16. The molecule has 0 fully saturated rings. The van der Waals surface area contributed by atoms with Crippen LogP contribution < -0.4 is 14.9 Å². The van der Waals surface area contributed by atoms with Gasteiger partial charge in [0, 0.05) is 14.3 Å². The Morgan fingerprint density at radius 1 is 0.972 bits per heavy atom. The van der Waals surface area contributed by atoms with Gasteiger partial charge in [-0.25, -0.2) is 9.98 Å². The van der Waals surface area contributed by atoms with Crippen molar-refractivity contribution in [1.82, 2.24) is 10.4 Å². The van der Waals surface area contributed by atoms with E-state index in [0.717, 1.165) is 36.7 Å². The summed E-state index contributed by atoms with van der Waals surface area (Å²) in [5.41, 5.74) is 7.34. The summed E-state index contributed by atoms with van der Waals surface area (Å²) in [6.07, 6.45) is 1.76. The van der Waals surface area contributed by atoms with Crippen LogP contribution in [0.2, 0.25) is 0 Å². The van der Waals surface area contributed by atoms with Crippen LogP contribution in [0.4, 0.5) is 5.69 Å². The number of hydrogen-bond donors (Lipinski definition) is 1. The van der Waals surface area contributed by atoms with Crippen molar-refractivity contribution in [2.75, 3.05) is 7.11 Å². The van der Waals surface area contributed by atoms with Gasteiger partial charge >= 0.3 is 0 Å². The Morgan fingerprint density at radius 3 is 2.44 bits per heavy atom. The number of fused-ring (bicyclic) bond motifs is 1. The van der Waals surface area contributed by atoms with Gasteiger partial charge in [0.1, 0.15) is 5.69 Å². The molecular formula is C28H26Br2N4O2. The summed E-state index contributed by atoms with van der Waals surface area (Å²) in [5.74, 6) is 1.84. The summed E-state index contributed by atoms with van der Waals surface area (Å²) >= 11 is 7.27. The van der Waals surface area contributed by atoms with Gasteiger partial charge < -0.3 is 9.47 Å². The van der Waals surface area contributed by atoms with E-state index in [4.69, 9.17) is 19.5 Å². The zero-order valence-corrected chi connectivity index (χ0v) is 23.6. The number of nitrogens with one attached hydrogen (secondary N) is 1. The molecule has 1 N–H and O–H groups in total. The largest absolute Gasteiger partial charge is 0.493 e. The molecule has 0 amide bonds. The number of aryl methyl sites for hydroxylation is 1. The number of hydrogen-bond acceptors (Lipinski definition) is 5. The lowest BCUT2D eigenvalue weighted by atomic mass is 10.2. The van der Waals surface area contributed by atoms with Crippen LogP contribution in [-0.2, 0) is 0 Å². The Bertz CT molecular complexity index is 1430. The minimum Gasteiger partial charge on any atom is -0.493 e. The first-order chi connectivity index (χ1) is 17.3. The summed E-state index contributed by atoms with van der Waals surface area (Å²) in [4.78, 5) is 9.68. The smallest absolute Gasteiger partial charge is 0.173 e. The van der Waals surface area contributed by atoms with Gasteiger partial charge in [0.15, 0.2) is 17.3 Å². The van der Waals surface area contributed by atoms with E-state index in [1.54, 1.807) is 13.3 Å². The van der Waals surface area contributed by atoms with Gasteiger partial charge in [0.2, 0.25) is 0 Å². The van der Waals surface area contributed by atoms with Gasteiger partial charge in [-0.2, -0.15) is 5.10 Å². The molecule has 0 saturated heterocycles. The molecule has 0 unspecified atom stereocenters. The summed E-state index contributed by atoms with van der Waals surface area (Å²) < 4.78 is 13.0. The minimum absolute atomic E-state index is 0.0497. The van der Waals surface area contributed by atoms with E-state index in [1.165, 1.54) is 0 Å². The maximum atomic E-state index is 5.80. The van der Waals surface area contributed by atoms with Crippen LogP contribution in [0, 0.1) is 6.92 Å². The molecule has 36 heavy (non-hydrogen) atoms. The van der Waals surface area contributed by atoms with Gasteiger partial charge in [-0.3, -0.25) is 5.43 Å². The van der Waals surface area contributed by atoms with Crippen molar-refractivity contribution in [2.45, 2.75) is 26.9 Å². The Morgan fingerprint density at radius 2 is 1.72 bits per heavy atom. The first-order valence-electron chi connectivity index (χ1n) is 11.4. The molecule has 3 aromatic carbocycles. The number of methoxy groups -OCH3 is 1. The fraction of sp³-hybridized carbons (Fsp3) is 0.179. The molecular weight excluding hydrogens is 584 g/mol. The van der Waals surface area contributed by atoms with Crippen LogP contribution in [0.1, 0.15) is 30.7 Å². The topological polar surface area (TPSA) is 68.1 Å². The van der Waals surface area contributed by atoms with E-state index in [9.17, 15) is 0 Å². The number of para-hydroxylation sites is 1. The van der Waals surface area contributed by atoms with Gasteiger partial charge in [-0.1, -0.05) is 24.3 Å². The molecule has 184 valence electrons. The van der Waals surface area contributed by atoms with Crippen LogP contribution in [-0.4, -0.2) is 30.2 Å². The summed E-state index contributed by atoms with van der Waals surface area (Å²) in [5, 5.41) is 5.52. The second-order valence-corrected chi connectivity index (χ2v) is 10.1. The first-order valence-corrected chi connectivity index (χ1v) is 13.0. The zero-order valence-electron chi connectivity index (χ0n) is 20.4. The molecule has 4 aromatic rings. The molecule has 0 radical (unpaired) electrons. The molecule has 0 spiro atoms. The lowest BCUT2D eigenvalue weighted by Crippen LogP contribution is -2.20. The summed E-state index contributed by atoms with van der Waals surface area (Å²) in [6.45, 7) is 5.99. The first kappa shape index (κ1) is 25.9. The number of ether oxygens (including phenoxy) is 2. The van der Waals surface area contributed by atoms with Crippen LogP contribution in [0.5, 0.6) is 11.5 Å². The number of pyridine rings is 1. The molecule has 6 nitrogen and oxygen atoms in total. The van der Waals surface area contributed by atoms with Crippen LogP contribution in [0.25, 0.3) is 10.9 Å². The van der Waals surface area contributed by atoms with Crippen molar-refractivity contribution >= 4 is 60.5 Å². The fourth-order valence-electron chi connectivity index (χ4n) is 3.53. The minimum atomic E-state index is 0.0497. The fourth-order valence-corrected chi connectivity index (χ4v) is 5.12. The third kappa shape index (κ3) is 6.30. The van der Waals surface area contributed by atoms with Gasteiger partial charge in [-0.05, 0) is 106 Å². The van der Waals surface area contributed by atoms with Crippen molar-refractivity contribution < 1.29 is 9.47 Å². The number of aromatic nitrogens is 1. The molecule has 1 heterocycles. The molecule has 0 atom stereocenters. The summed E-state index contributed by atoms with van der Waals surface area (Å²) in [7, 11) is 1.62. The van der Waals surface area contributed by atoms with E-state index < -0.39 is 0 Å². The highest BCUT2D eigenvalue weighted by molar-refractivity contribution is 9.11. The van der Waals surface area contributed by atoms with Crippen molar-refractivity contribution in [3.63, 3.8) is 0 Å². The van der Waals surface area contributed by atoms with E-state index in [0.29, 0.717) is 23.0 Å². The third-order valence-corrected chi connectivity index (χ3v) is 6.37. The van der Waals surface area contributed by atoms with E-state index in [-0.39, 0.29) is 6.10 Å². The highest BCUT2D eigenvalue weighted by Gasteiger charge is 2.12. The molecule has 1 aromatic heterocycles. The van der Waals surface area contributed by atoms with Crippen molar-refractivity contribution in [3.8, 4) is 11.5 Å². The van der Waals surface area contributed by atoms with E-state index in [1.807, 2.05) is 87.5 Å². The number of rotatable bonds is 7. The second-order valence-electron chi connectivity index (χ2n) is 8.37. The number of benzene rings is 3. The van der Waals surface area contributed by atoms with Crippen molar-refractivity contribution in [1.29, 1.82) is 0 Å². The van der Waals surface area contributed by atoms with Crippen molar-refractivity contribution in [2.24, 2.45) is 10.1 Å². The second kappa shape index (κ2) is 11.7. The van der Waals surface area contributed by atoms with Crippen LogP contribution in [0.3, 0.4) is 0 Å². The number of hydrazone groups is 1. The normalized spacial score (nSPS) is 11.9. The summed E-state index contributed by atoms with van der Waals surface area (Å²) in [6, 6.07) is 21.6. The van der Waals surface area contributed by atoms with E-state index >= 15 is 0 Å². The monoisotopic (exact) mass is 608 g/mol. The number of amidine groups is 1. The quantitative estimate of drug-likeness (QED) is 0.133. The van der Waals surface area contributed by atoms with Gasteiger partial charge in [-0.15, -0.1) is 0 Å². The van der Waals surface area contributed by atoms with Gasteiger partial charge in [0.25, 0.3) is 0 Å². The number of halogens is 2. The van der Waals surface area contributed by atoms with E-state index in [2.05, 4.69) is 42.4 Å². The number of nitrogens with zero attached hydrogens (tertiary/aromatic N) is 3. The SMILES string of the molecule is COc1cc(/C=N/NC(=Nc2c(Br)cc(C)cc2Br)c2ccc3ccccc3n2)ccc1OC(C)C. The molecule has 0 aliphatic heterocycles. The molecule has 0 saturated carbocycles. The molecule has 4 rings (SSSR count). The molecule has 8 heteroatoms. The van der Waals surface area contributed by atoms with Gasteiger partial charge in [0.05, 0.1) is 30.6 Å². The standard InChI is InChI=1S/C28H26Br2N4O2/c1-17(2)36-25-12-9-19(15-26(25)35-4)16-31-34-28(33-27-21(29)13-18(3)14-22(27)30)24-11-10-20-7-5-6-8-23(20)32-24/h5-17H,1-4H3,(H,33,34)/b31-16+. The Kier molecular flexibility index (Phi) is 8.38. The average Bonchev–Trinajstić information content (AvgIpc) is 2.85. The number of aliphatic imine (C=N–C) groups is 1. The highest BCUT2D eigenvalue weighted by atomic mass is 79.9. The maximum absolute atomic E-state index is 5.80. The maximum Gasteiger partial charge on any atom is 0.173 e. The van der Waals surface area contributed by atoms with Crippen LogP contribution in [0.15, 0.2) is 85.8 Å². The predicted octanol–water partition coefficient (Wildman–Crippen LogP) is 7.57. The Labute approximate surface area is 227 Å². The lowest BCUT2D eigenvalue weighted by Gasteiger charge is -2.13. The Balaban J connectivity index is 1.69. The molecule has 0 aliphatic rings. The molecule has 0 aliphatic carbocycles. The highest BCUT2D eigenvalue weighted by Crippen LogP contribution is 2.35.